The van der Waals surface area contributed by atoms with E-state index in [-0.39, 0.29) is 27.0 Å². The van der Waals surface area contributed by atoms with Crippen molar-refractivity contribution in [2.24, 2.45) is 0 Å². The Morgan fingerprint density at radius 2 is 1.53 bits per heavy atom. The summed E-state index contributed by atoms with van der Waals surface area (Å²) in [5, 5.41) is 0. The minimum atomic E-state index is -0.156. The third-order valence-electron chi connectivity index (χ3n) is 2.60. The second-order valence-corrected chi connectivity index (χ2v) is 6.88. The van der Waals surface area contributed by atoms with Gasteiger partial charge in [0.1, 0.15) is 0 Å². The fourth-order valence-corrected chi connectivity index (χ4v) is 4.57. The van der Waals surface area contributed by atoms with Gasteiger partial charge in [-0.05, 0) is 0 Å². The van der Waals surface area contributed by atoms with Gasteiger partial charge in [0.2, 0.25) is 0 Å². The van der Waals surface area contributed by atoms with Crippen LogP contribution in [-0.4, -0.2) is 28.0 Å². The second kappa shape index (κ2) is 6.81. The molecule has 0 saturated heterocycles. The summed E-state index contributed by atoms with van der Waals surface area (Å²) in [6.45, 7) is 0. The first-order chi connectivity index (χ1) is 8.40. The number of methoxy groups -OCH3 is 1. The van der Waals surface area contributed by atoms with Crippen LogP contribution in [-0.2, 0) is 4.74 Å². The van der Waals surface area contributed by atoms with E-state index in [1.165, 1.54) is 9.17 Å². The van der Waals surface area contributed by atoms with E-state index in [0.717, 1.165) is 4.47 Å². The summed E-state index contributed by atoms with van der Waals surface area (Å²) in [4.78, 5) is 0. The van der Waals surface area contributed by atoms with E-state index in [1.807, 2.05) is 6.07 Å². The first kappa shape index (κ1) is 12.6. The molecule has 0 saturated carbocycles. The molecule has 0 fully saturated rings. The molecule has 0 aliphatic carbocycles. The van der Waals surface area contributed by atoms with E-state index in [0.29, 0.717) is 0 Å². The monoisotopic (exact) mass is 342 g/mol. The third kappa shape index (κ3) is 3.85. The van der Waals surface area contributed by atoms with Crippen LogP contribution in [0, 0.1) is 0 Å². The maximum atomic E-state index is 5.59. The van der Waals surface area contributed by atoms with Crippen LogP contribution < -0.4 is 3.61 Å². The Balaban J connectivity index is 1.97. The zero-order valence-corrected chi connectivity index (χ0v) is 12.2. The predicted molar refractivity (Wildman–Crippen MR) is 72.8 cm³/mol. The van der Waals surface area contributed by atoms with Crippen LogP contribution in [0.1, 0.15) is 11.7 Å². The second-order valence-electron chi connectivity index (χ2n) is 3.76. The van der Waals surface area contributed by atoms with Gasteiger partial charge >= 0.3 is 113 Å². The summed E-state index contributed by atoms with van der Waals surface area (Å²) in [6, 6.07) is 21.2. The molecule has 0 radical (unpaired) electrons. The molecule has 0 aromatic heterocycles. The van der Waals surface area contributed by atoms with Crippen LogP contribution in [0.5, 0.6) is 0 Å². The molecule has 88 valence electrons. The standard InChI is InChI=1S/C15H16OTe/c1-16-15(13-8-4-2-5-9-13)12-17-14-10-6-3-7-11-14/h2-11,15H,12H2,1H3. The molecule has 1 atom stereocenters. The van der Waals surface area contributed by atoms with E-state index in [2.05, 4.69) is 54.6 Å². The van der Waals surface area contributed by atoms with Gasteiger partial charge in [0.15, 0.2) is 0 Å². The van der Waals surface area contributed by atoms with Crippen molar-refractivity contribution in [2.45, 2.75) is 10.6 Å². The Morgan fingerprint density at radius 3 is 2.12 bits per heavy atom. The number of rotatable bonds is 5. The van der Waals surface area contributed by atoms with Crippen molar-refractivity contribution in [1.29, 1.82) is 0 Å². The number of hydrogen-bond donors (Lipinski definition) is 0. The van der Waals surface area contributed by atoms with Crippen molar-refractivity contribution in [3.8, 4) is 0 Å². The van der Waals surface area contributed by atoms with Crippen LogP contribution in [0.4, 0.5) is 0 Å². The summed E-state index contributed by atoms with van der Waals surface area (Å²) in [5.41, 5.74) is 1.29. The molecule has 17 heavy (non-hydrogen) atoms. The van der Waals surface area contributed by atoms with Gasteiger partial charge in [-0.1, -0.05) is 0 Å². The molecule has 2 aromatic carbocycles. The van der Waals surface area contributed by atoms with Crippen molar-refractivity contribution >= 4 is 24.5 Å². The third-order valence-corrected chi connectivity index (χ3v) is 5.67. The van der Waals surface area contributed by atoms with Crippen LogP contribution in [0.15, 0.2) is 60.7 Å². The zero-order chi connectivity index (χ0) is 11.9. The predicted octanol–water partition coefficient (Wildman–Crippen LogP) is 2.82. The van der Waals surface area contributed by atoms with Gasteiger partial charge in [-0.25, -0.2) is 0 Å². The average molecular weight is 340 g/mol. The Morgan fingerprint density at radius 1 is 0.941 bits per heavy atom. The molecule has 0 spiro atoms. The van der Waals surface area contributed by atoms with Crippen molar-refractivity contribution in [1.82, 2.24) is 0 Å². The summed E-state index contributed by atoms with van der Waals surface area (Å²) in [5.74, 6) is 0. The van der Waals surface area contributed by atoms with Crippen molar-refractivity contribution in [3.63, 3.8) is 0 Å². The van der Waals surface area contributed by atoms with E-state index < -0.39 is 0 Å². The van der Waals surface area contributed by atoms with Crippen LogP contribution in [0.2, 0.25) is 4.47 Å². The van der Waals surface area contributed by atoms with E-state index in [9.17, 15) is 0 Å². The normalized spacial score (nSPS) is 12.3. The summed E-state index contributed by atoms with van der Waals surface area (Å²) < 4.78 is 8.24. The molecule has 2 aromatic rings. The van der Waals surface area contributed by atoms with Crippen LogP contribution in [0.3, 0.4) is 0 Å². The van der Waals surface area contributed by atoms with Gasteiger partial charge in [-0.2, -0.15) is 0 Å². The fourth-order valence-electron chi connectivity index (χ4n) is 1.66. The van der Waals surface area contributed by atoms with Gasteiger partial charge in [-0.3, -0.25) is 0 Å². The molecule has 0 aliphatic heterocycles. The van der Waals surface area contributed by atoms with E-state index in [1.54, 1.807) is 7.11 Å². The summed E-state index contributed by atoms with van der Waals surface area (Å²) in [6.07, 6.45) is 0.249. The number of ether oxygens (including phenoxy) is 1. The van der Waals surface area contributed by atoms with Crippen LogP contribution >= 0.6 is 0 Å². The molecule has 0 aliphatic rings. The molecule has 0 N–H and O–H groups in total. The first-order valence-electron chi connectivity index (χ1n) is 5.66. The maximum absolute atomic E-state index is 5.59. The molecular formula is C15H16OTe. The van der Waals surface area contributed by atoms with Gasteiger partial charge in [0, 0.05) is 0 Å². The topological polar surface area (TPSA) is 9.23 Å². The van der Waals surface area contributed by atoms with Crippen molar-refractivity contribution in [3.05, 3.63) is 66.2 Å². The molecule has 0 heterocycles. The Bertz CT molecular complexity index is 427. The Kier molecular flexibility index (Phi) is 5.07. The number of benzene rings is 2. The van der Waals surface area contributed by atoms with Crippen LogP contribution in [0.25, 0.3) is 0 Å². The van der Waals surface area contributed by atoms with Gasteiger partial charge < -0.3 is 0 Å². The average Bonchev–Trinajstić information content (AvgIpc) is 2.42. The van der Waals surface area contributed by atoms with Crippen molar-refractivity contribution < 1.29 is 4.74 Å². The van der Waals surface area contributed by atoms with E-state index >= 15 is 0 Å². The molecular weight excluding hydrogens is 324 g/mol. The van der Waals surface area contributed by atoms with Gasteiger partial charge in [-0.15, -0.1) is 0 Å². The van der Waals surface area contributed by atoms with Gasteiger partial charge in [0.25, 0.3) is 0 Å². The summed E-state index contributed by atoms with van der Waals surface area (Å²) in [7, 11) is 1.80. The Labute approximate surface area is 113 Å². The van der Waals surface area contributed by atoms with Crippen molar-refractivity contribution in [2.75, 3.05) is 7.11 Å². The van der Waals surface area contributed by atoms with E-state index in [4.69, 9.17) is 4.74 Å². The fraction of sp³-hybridized carbons (Fsp3) is 0.200. The Hall–Kier alpha value is -0.810. The number of hydrogen-bond acceptors (Lipinski definition) is 1. The zero-order valence-electron chi connectivity index (χ0n) is 9.87. The molecule has 2 rings (SSSR count). The molecule has 2 heteroatoms. The quantitative estimate of drug-likeness (QED) is 0.761. The first-order valence-corrected chi connectivity index (χ1v) is 8.47. The minimum absolute atomic E-state index is 0.156. The molecule has 1 unspecified atom stereocenters. The van der Waals surface area contributed by atoms with Gasteiger partial charge in [0.05, 0.1) is 0 Å². The molecule has 0 amide bonds. The molecule has 0 bridgehead atoms. The SMILES string of the molecule is COC(C[Te]c1ccccc1)c1ccccc1. The summed E-state index contributed by atoms with van der Waals surface area (Å²) >= 11 is -0.156. The molecule has 1 nitrogen and oxygen atoms in total.